The molecule has 0 aliphatic carbocycles. The number of likely N-dealkylation sites (tertiary alicyclic amines) is 1. The molecule has 6 heteroatoms. The fraction of sp³-hybridized carbons (Fsp3) is 0.625. The highest BCUT2D eigenvalue weighted by Crippen LogP contribution is 2.21. The van der Waals surface area contributed by atoms with Crippen molar-refractivity contribution >= 4 is 22.0 Å². The molecule has 1 aliphatic heterocycles. The van der Waals surface area contributed by atoms with Gasteiger partial charge >= 0.3 is 6.09 Å². The number of halogens is 1. The molecule has 22 heavy (non-hydrogen) atoms. The quantitative estimate of drug-likeness (QED) is 0.757. The monoisotopic (exact) mass is 370 g/mol. The summed E-state index contributed by atoms with van der Waals surface area (Å²) in [5, 5.41) is 0. The molecule has 1 unspecified atom stereocenters. The average molecular weight is 371 g/mol. The molecule has 0 bridgehead atoms. The predicted octanol–water partition coefficient (Wildman–Crippen LogP) is 3.76. The van der Waals surface area contributed by atoms with Crippen molar-refractivity contribution in [3.05, 3.63) is 28.5 Å². The van der Waals surface area contributed by atoms with Crippen LogP contribution >= 0.6 is 15.9 Å². The zero-order chi connectivity index (χ0) is 16.2. The Kier molecular flexibility index (Phi) is 5.81. The highest BCUT2D eigenvalue weighted by molar-refractivity contribution is 9.10. The number of aromatic nitrogens is 1. The minimum Gasteiger partial charge on any atom is -0.444 e. The zero-order valence-corrected chi connectivity index (χ0v) is 14.9. The van der Waals surface area contributed by atoms with E-state index < -0.39 is 5.60 Å². The van der Waals surface area contributed by atoms with Crippen molar-refractivity contribution in [1.82, 2.24) is 9.88 Å². The Labute approximate surface area is 140 Å². The molecular weight excluding hydrogens is 348 g/mol. The number of carbonyl (C=O) groups excluding carboxylic acids is 1. The van der Waals surface area contributed by atoms with E-state index >= 15 is 0 Å². The number of rotatable bonds is 4. The molecule has 0 aromatic carbocycles. The lowest BCUT2D eigenvalue weighted by Crippen LogP contribution is -2.41. The minimum absolute atomic E-state index is 0.0956. The molecule has 1 saturated heterocycles. The van der Waals surface area contributed by atoms with Crippen LogP contribution in [0.2, 0.25) is 0 Å². The lowest BCUT2D eigenvalue weighted by Gasteiger charge is -2.28. The van der Waals surface area contributed by atoms with Crippen molar-refractivity contribution in [2.45, 2.75) is 51.9 Å². The average Bonchev–Trinajstić information content (AvgIpc) is 2.88. The molecule has 1 aromatic rings. The summed E-state index contributed by atoms with van der Waals surface area (Å²) in [6.45, 7) is 7.41. The van der Waals surface area contributed by atoms with Gasteiger partial charge in [0.05, 0.1) is 19.3 Å². The second-order valence-electron chi connectivity index (χ2n) is 6.47. The molecule has 0 radical (unpaired) electrons. The van der Waals surface area contributed by atoms with E-state index in [0.29, 0.717) is 13.2 Å². The van der Waals surface area contributed by atoms with Gasteiger partial charge < -0.3 is 14.4 Å². The summed E-state index contributed by atoms with van der Waals surface area (Å²) in [7, 11) is 0. The van der Waals surface area contributed by atoms with Crippen molar-refractivity contribution in [2.24, 2.45) is 0 Å². The number of ether oxygens (including phenoxy) is 2. The Morgan fingerprint density at radius 1 is 1.45 bits per heavy atom. The number of carbonyl (C=O) groups is 1. The van der Waals surface area contributed by atoms with Crippen LogP contribution in [0.3, 0.4) is 0 Å². The van der Waals surface area contributed by atoms with Gasteiger partial charge in [0, 0.05) is 12.7 Å². The topological polar surface area (TPSA) is 51.7 Å². The van der Waals surface area contributed by atoms with Crippen LogP contribution < -0.4 is 0 Å². The van der Waals surface area contributed by atoms with Crippen LogP contribution in [0.5, 0.6) is 0 Å². The molecule has 1 atom stereocenters. The first kappa shape index (κ1) is 17.2. The first-order valence-corrected chi connectivity index (χ1v) is 8.32. The van der Waals surface area contributed by atoms with Crippen molar-refractivity contribution in [3.8, 4) is 0 Å². The van der Waals surface area contributed by atoms with Gasteiger partial charge in [-0.3, -0.25) is 0 Å². The Bertz CT molecular complexity index is 499. The second kappa shape index (κ2) is 7.42. The largest absolute Gasteiger partial charge is 0.444 e. The highest BCUT2D eigenvalue weighted by Gasteiger charge is 2.32. The van der Waals surface area contributed by atoms with Crippen LogP contribution in [0.15, 0.2) is 22.9 Å². The first-order chi connectivity index (χ1) is 10.3. The molecule has 1 fully saturated rings. The summed E-state index contributed by atoms with van der Waals surface area (Å²) in [6, 6.07) is 3.96. The molecule has 5 nitrogen and oxygen atoms in total. The van der Waals surface area contributed by atoms with Crippen LogP contribution in [0.1, 0.15) is 39.2 Å². The number of hydrogen-bond acceptors (Lipinski definition) is 4. The third kappa shape index (κ3) is 5.25. The highest BCUT2D eigenvalue weighted by atomic mass is 79.9. The summed E-state index contributed by atoms with van der Waals surface area (Å²) < 4.78 is 12.0. The number of hydrogen-bond donors (Lipinski definition) is 0. The number of pyridine rings is 1. The second-order valence-corrected chi connectivity index (χ2v) is 7.29. The van der Waals surface area contributed by atoms with E-state index in [9.17, 15) is 4.79 Å². The van der Waals surface area contributed by atoms with Crippen LogP contribution in [0.25, 0.3) is 0 Å². The van der Waals surface area contributed by atoms with Gasteiger partial charge in [-0.25, -0.2) is 9.78 Å². The molecule has 2 heterocycles. The van der Waals surface area contributed by atoms with Crippen LogP contribution in [-0.4, -0.2) is 40.8 Å². The van der Waals surface area contributed by atoms with Gasteiger partial charge in [-0.15, -0.1) is 0 Å². The van der Waals surface area contributed by atoms with E-state index in [1.807, 2.05) is 32.9 Å². The van der Waals surface area contributed by atoms with E-state index in [-0.39, 0.29) is 12.1 Å². The maximum atomic E-state index is 12.2. The Balaban J connectivity index is 1.81. The summed E-state index contributed by atoms with van der Waals surface area (Å²) in [4.78, 5) is 18.1. The van der Waals surface area contributed by atoms with Gasteiger partial charge in [0.25, 0.3) is 0 Å². The third-order valence-electron chi connectivity index (χ3n) is 3.37. The van der Waals surface area contributed by atoms with Crippen LogP contribution in [0.4, 0.5) is 4.79 Å². The summed E-state index contributed by atoms with van der Waals surface area (Å²) in [6.07, 6.45) is 3.49. The molecule has 0 saturated carbocycles. The minimum atomic E-state index is -0.464. The fourth-order valence-electron chi connectivity index (χ4n) is 2.37. The molecule has 1 aromatic heterocycles. The summed E-state index contributed by atoms with van der Waals surface area (Å²) in [5.41, 5.74) is 0.554. The fourth-order valence-corrected chi connectivity index (χ4v) is 2.61. The molecule has 122 valence electrons. The Hall–Kier alpha value is -1.14. The molecule has 1 aliphatic rings. The first-order valence-electron chi connectivity index (χ1n) is 7.53. The van der Waals surface area contributed by atoms with Gasteiger partial charge in [0.2, 0.25) is 0 Å². The van der Waals surface area contributed by atoms with E-state index in [0.717, 1.165) is 29.6 Å². The SMILES string of the molecule is CC(C)(C)OC(=O)N1CCCC1COCc1ccc(Br)nc1. The normalized spacial score (nSPS) is 18.5. The van der Waals surface area contributed by atoms with Crippen LogP contribution in [0, 0.1) is 0 Å². The van der Waals surface area contributed by atoms with E-state index in [2.05, 4.69) is 20.9 Å². The van der Waals surface area contributed by atoms with E-state index in [1.165, 1.54) is 0 Å². The van der Waals surface area contributed by atoms with Crippen molar-refractivity contribution < 1.29 is 14.3 Å². The van der Waals surface area contributed by atoms with Gasteiger partial charge in [0.15, 0.2) is 0 Å². The maximum Gasteiger partial charge on any atom is 0.410 e. The smallest absolute Gasteiger partial charge is 0.410 e. The summed E-state index contributed by atoms with van der Waals surface area (Å²) >= 11 is 3.31. The third-order valence-corrected chi connectivity index (χ3v) is 3.84. The van der Waals surface area contributed by atoms with Crippen molar-refractivity contribution in [1.29, 1.82) is 0 Å². The molecule has 2 rings (SSSR count). The van der Waals surface area contributed by atoms with E-state index in [1.54, 1.807) is 11.1 Å². The molecule has 0 N–H and O–H groups in total. The van der Waals surface area contributed by atoms with Crippen LogP contribution in [-0.2, 0) is 16.1 Å². The molecule has 0 spiro atoms. The van der Waals surface area contributed by atoms with Gasteiger partial charge in [-0.2, -0.15) is 0 Å². The van der Waals surface area contributed by atoms with Gasteiger partial charge in [-0.05, 0) is 61.2 Å². The Morgan fingerprint density at radius 3 is 2.86 bits per heavy atom. The molecular formula is C16H23BrN2O3. The molecule has 1 amide bonds. The number of amides is 1. The van der Waals surface area contributed by atoms with Gasteiger partial charge in [-0.1, -0.05) is 6.07 Å². The van der Waals surface area contributed by atoms with Crippen molar-refractivity contribution in [3.63, 3.8) is 0 Å². The predicted molar refractivity (Wildman–Crippen MR) is 87.6 cm³/mol. The van der Waals surface area contributed by atoms with E-state index in [4.69, 9.17) is 9.47 Å². The zero-order valence-electron chi connectivity index (χ0n) is 13.3. The Morgan fingerprint density at radius 2 is 2.23 bits per heavy atom. The lowest BCUT2D eigenvalue weighted by atomic mass is 10.2. The standard InChI is InChI=1S/C16H23BrN2O3/c1-16(2,3)22-15(20)19-8-4-5-13(19)11-21-10-12-6-7-14(17)18-9-12/h6-7,9,13H,4-5,8,10-11H2,1-3H3. The van der Waals surface area contributed by atoms with Gasteiger partial charge in [0.1, 0.15) is 10.2 Å². The lowest BCUT2D eigenvalue weighted by molar-refractivity contribution is 0.00881. The number of nitrogens with zero attached hydrogens (tertiary/aromatic N) is 2. The maximum absolute atomic E-state index is 12.2. The van der Waals surface area contributed by atoms with Crippen molar-refractivity contribution in [2.75, 3.05) is 13.2 Å². The summed E-state index contributed by atoms with van der Waals surface area (Å²) in [5.74, 6) is 0.